The third-order valence-electron chi connectivity index (χ3n) is 3.62. The van der Waals surface area contributed by atoms with Crippen molar-refractivity contribution in [2.24, 2.45) is 10.2 Å². The van der Waals surface area contributed by atoms with Gasteiger partial charge < -0.3 is 18.9 Å². The summed E-state index contributed by atoms with van der Waals surface area (Å²) in [6.07, 6.45) is 0. The molecule has 0 radical (unpaired) electrons. The Morgan fingerprint density at radius 3 is 1.57 bits per heavy atom. The highest BCUT2D eigenvalue weighted by molar-refractivity contribution is 6.72. The first-order chi connectivity index (χ1) is 13.4. The van der Waals surface area contributed by atoms with Crippen LogP contribution in [0.2, 0.25) is 10.0 Å². The number of halogens is 4. The van der Waals surface area contributed by atoms with Gasteiger partial charge in [-0.1, -0.05) is 46.4 Å². The molecule has 0 aliphatic carbocycles. The molecule has 2 rings (SSSR count). The van der Waals surface area contributed by atoms with Gasteiger partial charge in [-0.3, -0.25) is 0 Å². The molecule has 0 aromatic heterocycles. The fourth-order valence-electron chi connectivity index (χ4n) is 2.28. The van der Waals surface area contributed by atoms with Gasteiger partial charge >= 0.3 is 0 Å². The molecule has 0 heterocycles. The molecule has 0 unspecified atom stereocenters. The molecule has 2 aromatic carbocycles. The number of hydrogen-bond donors (Lipinski definition) is 0. The monoisotopic (exact) mass is 464 g/mol. The minimum absolute atomic E-state index is 0.0923. The zero-order valence-corrected chi connectivity index (χ0v) is 18.4. The second kappa shape index (κ2) is 10.1. The van der Waals surface area contributed by atoms with E-state index in [4.69, 9.17) is 65.4 Å². The molecule has 0 aliphatic rings. The summed E-state index contributed by atoms with van der Waals surface area (Å²) in [6, 6.07) is 6.94. The predicted octanol–water partition coefficient (Wildman–Crippen LogP) is 5.61. The number of hydrogen-bond acceptors (Lipinski definition) is 6. The summed E-state index contributed by atoms with van der Waals surface area (Å²) in [6.45, 7) is 0. The fourth-order valence-corrected chi connectivity index (χ4v) is 3.51. The molecule has 150 valence electrons. The van der Waals surface area contributed by atoms with Crippen LogP contribution in [0.4, 0.5) is 0 Å². The maximum atomic E-state index is 6.38. The molecule has 0 atom stereocenters. The normalized spacial score (nSPS) is 12.0. The van der Waals surface area contributed by atoms with Gasteiger partial charge in [0.25, 0.3) is 0 Å². The van der Waals surface area contributed by atoms with E-state index in [1.165, 1.54) is 21.3 Å². The summed E-state index contributed by atoms with van der Waals surface area (Å²) < 4.78 is 20.9. The molecule has 0 fully saturated rings. The van der Waals surface area contributed by atoms with Crippen molar-refractivity contribution < 1.29 is 18.9 Å². The molecule has 0 N–H and O–H groups in total. The van der Waals surface area contributed by atoms with Crippen molar-refractivity contribution in [1.82, 2.24) is 0 Å². The number of methoxy groups -OCH3 is 4. The number of ether oxygens (including phenoxy) is 4. The van der Waals surface area contributed by atoms with Gasteiger partial charge in [-0.2, -0.15) is 0 Å². The number of benzene rings is 2. The van der Waals surface area contributed by atoms with E-state index in [0.29, 0.717) is 11.3 Å². The molecule has 10 heteroatoms. The Kier molecular flexibility index (Phi) is 8.07. The highest BCUT2D eigenvalue weighted by atomic mass is 35.5. The molecule has 28 heavy (non-hydrogen) atoms. The molecule has 2 aromatic rings. The Balaban J connectivity index is 2.51. The lowest BCUT2D eigenvalue weighted by molar-refractivity contribution is 0.324. The van der Waals surface area contributed by atoms with Gasteiger partial charge in [-0.25, -0.2) is 0 Å². The molecular weight excluding hydrogens is 450 g/mol. The predicted molar refractivity (Wildman–Crippen MR) is 114 cm³/mol. The van der Waals surface area contributed by atoms with Crippen molar-refractivity contribution in [2.75, 3.05) is 28.4 Å². The zero-order valence-electron chi connectivity index (χ0n) is 15.3. The lowest BCUT2D eigenvalue weighted by Crippen LogP contribution is -2.03. The molecule has 0 saturated heterocycles. The largest absolute Gasteiger partial charge is 0.497 e. The Morgan fingerprint density at radius 2 is 1.14 bits per heavy atom. The van der Waals surface area contributed by atoms with Gasteiger partial charge in [0.2, 0.25) is 5.75 Å². The van der Waals surface area contributed by atoms with E-state index in [9.17, 15) is 0 Å². The highest BCUT2D eigenvalue weighted by Crippen LogP contribution is 2.50. The van der Waals surface area contributed by atoms with E-state index in [-0.39, 0.29) is 43.2 Å². The first-order valence-corrected chi connectivity index (χ1v) is 9.19. The van der Waals surface area contributed by atoms with Crippen LogP contribution in [0.25, 0.3) is 0 Å². The molecule has 0 bridgehead atoms. The van der Waals surface area contributed by atoms with Crippen LogP contribution >= 0.6 is 46.4 Å². The molecule has 0 saturated carbocycles. The van der Waals surface area contributed by atoms with E-state index in [1.807, 2.05) is 0 Å². The van der Waals surface area contributed by atoms with Gasteiger partial charge in [0.1, 0.15) is 5.75 Å². The Labute approximate surface area is 182 Å². The van der Waals surface area contributed by atoms with Crippen LogP contribution in [0, 0.1) is 0 Å². The smallest absolute Gasteiger partial charge is 0.206 e. The van der Waals surface area contributed by atoms with Crippen molar-refractivity contribution in [3.8, 4) is 23.0 Å². The quantitative estimate of drug-likeness (QED) is 0.393. The summed E-state index contributed by atoms with van der Waals surface area (Å²) in [5.41, 5.74) is 0.792. The standard InChI is InChI=1S/C18H16Cl4N2O4/c1-25-10-7-5-9(6-8-10)17(21)23-24-18(22)11-12(19)14(26-2)16(28-4)15(27-3)13(11)20/h5-8H,1-4H3/b23-17+,24-18+. The first-order valence-electron chi connectivity index (χ1n) is 7.67. The maximum absolute atomic E-state index is 6.38. The molecule has 0 spiro atoms. The molecular formula is C18H16Cl4N2O4. The molecule has 0 aliphatic heterocycles. The Hall–Kier alpha value is -1.86. The summed E-state index contributed by atoms with van der Waals surface area (Å²) in [5, 5.41) is 8.04. The van der Waals surface area contributed by atoms with Crippen molar-refractivity contribution in [3.05, 3.63) is 45.4 Å². The van der Waals surface area contributed by atoms with Gasteiger partial charge in [0.05, 0.1) is 44.0 Å². The maximum Gasteiger partial charge on any atom is 0.206 e. The van der Waals surface area contributed by atoms with Crippen molar-refractivity contribution in [3.63, 3.8) is 0 Å². The van der Waals surface area contributed by atoms with E-state index >= 15 is 0 Å². The van der Waals surface area contributed by atoms with E-state index < -0.39 is 0 Å². The van der Waals surface area contributed by atoms with Crippen LogP contribution < -0.4 is 18.9 Å². The van der Waals surface area contributed by atoms with Gasteiger partial charge in [-0.05, 0) is 24.3 Å². The van der Waals surface area contributed by atoms with Crippen LogP contribution in [0.5, 0.6) is 23.0 Å². The summed E-state index contributed by atoms with van der Waals surface area (Å²) >= 11 is 25.2. The Bertz CT molecular complexity index is 884. The van der Waals surface area contributed by atoms with Crippen LogP contribution in [0.3, 0.4) is 0 Å². The average molecular weight is 466 g/mol. The van der Waals surface area contributed by atoms with Gasteiger partial charge in [-0.15, -0.1) is 10.2 Å². The topological polar surface area (TPSA) is 61.6 Å². The van der Waals surface area contributed by atoms with E-state index in [2.05, 4.69) is 10.2 Å². The van der Waals surface area contributed by atoms with Crippen molar-refractivity contribution in [2.45, 2.75) is 0 Å². The van der Waals surface area contributed by atoms with Gasteiger partial charge in [0.15, 0.2) is 21.8 Å². The third-order valence-corrected chi connectivity index (χ3v) is 4.90. The lowest BCUT2D eigenvalue weighted by Gasteiger charge is -2.17. The highest BCUT2D eigenvalue weighted by Gasteiger charge is 2.27. The fraction of sp³-hybridized carbons (Fsp3) is 0.222. The van der Waals surface area contributed by atoms with Crippen LogP contribution in [0.1, 0.15) is 11.1 Å². The summed E-state index contributed by atoms with van der Waals surface area (Å²) in [7, 11) is 5.84. The molecule has 0 amide bonds. The second-order valence-electron chi connectivity index (χ2n) is 5.11. The Morgan fingerprint density at radius 1 is 0.679 bits per heavy atom. The van der Waals surface area contributed by atoms with Crippen LogP contribution in [0.15, 0.2) is 34.5 Å². The van der Waals surface area contributed by atoms with Crippen LogP contribution in [-0.2, 0) is 0 Å². The number of rotatable bonds is 7. The van der Waals surface area contributed by atoms with Gasteiger partial charge in [0, 0.05) is 5.56 Å². The third kappa shape index (κ3) is 4.58. The molecule has 6 nitrogen and oxygen atoms in total. The minimum atomic E-state index is -0.110. The van der Waals surface area contributed by atoms with E-state index in [0.717, 1.165) is 0 Å². The van der Waals surface area contributed by atoms with Crippen LogP contribution in [-0.4, -0.2) is 38.8 Å². The van der Waals surface area contributed by atoms with Crippen molar-refractivity contribution >= 4 is 56.7 Å². The van der Waals surface area contributed by atoms with E-state index in [1.54, 1.807) is 31.4 Å². The average Bonchev–Trinajstić information content (AvgIpc) is 2.71. The second-order valence-corrected chi connectivity index (χ2v) is 6.58. The number of nitrogens with zero attached hydrogens (tertiary/aromatic N) is 2. The summed E-state index contributed by atoms with van der Waals surface area (Å²) in [4.78, 5) is 0. The first kappa shape index (κ1) is 22.4. The lowest BCUT2D eigenvalue weighted by atomic mass is 10.2. The summed E-state index contributed by atoms with van der Waals surface area (Å²) in [5.74, 6) is 1.30. The zero-order chi connectivity index (χ0) is 20.8. The SMILES string of the molecule is COc1ccc(/C(Cl)=N\N=C(\Cl)c2c(Cl)c(OC)c(OC)c(OC)c2Cl)cc1. The van der Waals surface area contributed by atoms with Crippen molar-refractivity contribution in [1.29, 1.82) is 0 Å². The minimum Gasteiger partial charge on any atom is -0.497 e.